The number of nitrogens with one attached hydrogen (secondary N) is 1. The van der Waals surface area contributed by atoms with Crippen LogP contribution in [0.1, 0.15) is 26.3 Å². The molecule has 1 rings (SSSR count). The Labute approximate surface area is 142 Å². The van der Waals surface area contributed by atoms with Gasteiger partial charge in [-0.25, -0.2) is 9.59 Å². The smallest absolute Gasteiger partial charge is 0.408 e. The third-order valence-electron chi connectivity index (χ3n) is 2.65. The van der Waals surface area contributed by atoms with Crippen LogP contribution in [0.5, 0.6) is 5.75 Å². The minimum Gasteiger partial charge on any atom is -0.480 e. The van der Waals surface area contributed by atoms with Crippen molar-refractivity contribution < 1.29 is 33.0 Å². The molecule has 1 aromatic rings. The number of carbonyl (C=O) groups is 2. The van der Waals surface area contributed by atoms with E-state index in [2.05, 4.69) is 10.1 Å². The van der Waals surface area contributed by atoms with E-state index in [1.165, 1.54) is 18.2 Å². The highest BCUT2D eigenvalue weighted by atomic mass is 35.5. The van der Waals surface area contributed by atoms with E-state index in [9.17, 15) is 23.5 Å². The van der Waals surface area contributed by atoms with Crippen molar-refractivity contribution in [3.8, 4) is 5.75 Å². The number of hydrogen-bond acceptors (Lipinski definition) is 4. The maximum atomic E-state index is 12.4. The lowest BCUT2D eigenvalue weighted by Crippen LogP contribution is -2.44. The molecule has 6 nitrogen and oxygen atoms in total. The Morgan fingerprint density at radius 3 is 2.46 bits per heavy atom. The molecule has 1 atom stereocenters. The summed E-state index contributed by atoms with van der Waals surface area (Å²) in [4.78, 5) is 23.1. The molecule has 0 saturated carbocycles. The molecule has 0 saturated heterocycles. The zero-order valence-electron chi connectivity index (χ0n) is 13.3. The van der Waals surface area contributed by atoms with Gasteiger partial charge in [0.05, 0.1) is 0 Å². The monoisotopic (exact) mass is 365 g/mol. The van der Waals surface area contributed by atoms with E-state index in [1.54, 1.807) is 20.8 Å². The van der Waals surface area contributed by atoms with Crippen LogP contribution < -0.4 is 10.1 Å². The molecule has 0 spiro atoms. The maximum absolute atomic E-state index is 12.4. The van der Waals surface area contributed by atoms with E-state index < -0.39 is 30.3 Å². The fraction of sp³-hybridized carbons (Fsp3) is 0.467. The lowest BCUT2D eigenvalue weighted by molar-refractivity contribution is -0.139. The molecule has 1 unspecified atom stereocenters. The first-order valence-electron chi connectivity index (χ1n) is 6.93. The summed E-state index contributed by atoms with van der Waals surface area (Å²) in [5, 5.41) is 11.6. The van der Waals surface area contributed by atoms with Crippen LogP contribution in [0.3, 0.4) is 0 Å². The SMILES string of the molecule is CC(C)(C)OC(=O)NC(Cc1cc(Cl)ccc1OC(F)F)C(=O)O. The standard InChI is InChI=1S/C15H18ClF2NO5/c1-15(2,3)24-14(22)19-10(12(20)21)7-8-6-9(16)4-5-11(8)23-13(17)18/h4-6,10,13H,7H2,1-3H3,(H,19,22)(H,20,21). The zero-order chi connectivity index (χ0) is 18.5. The molecule has 1 aromatic carbocycles. The second kappa shape index (κ2) is 8.14. The lowest BCUT2D eigenvalue weighted by atomic mass is 10.0. The molecule has 0 aliphatic carbocycles. The summed E-state index contributed by atoms with van der Waals surface area (Å²) >= 11 is 5.81. The Morgan fingerprint density at radius 2 is 1.96 bits per heavy atom. The number of benzene rings is 1. The number of alkyl carbamates (subject to hydrolysis) is 1. The largest absolute Gasteiger partial charge is 0.480 e. The van der Waals surface area contributed by atoms with Gasteiger partial charge in [-0.3, -0.25) is 0 Å². The Morgan fingerprint density at radius 1 is 1.33 bits per heavy atom. The normalized spacial score (nSPS) is 12.6. The molecule has 0 aromatic heterocycles. The number of ether oxygens (including phenoxy) is 2. The van der Waals surface area contributed by atoms with Gasteiger partial charge in [0.1, 0.15) is 17.4 Å². The zero-order valence-corrected chi connectivity index (χ0v) is 14.1. The highest BCUT2D eigenvalue weighted by Gasteiger charge is 2.26. The molecule has 0 fully saturated rings. The predicted molar refractivity (Wildman–Crippen MR) is 82.6 cm³/mol. The van der Waals surface area contributed by atoms with Crippen molar-refractivity contribution in [1.29, 1.82) is 0 Å². The van der Waals surface area contributed by atoms with E-state index in [1.807, 2.05) is 0 Å². The minimum absolute atomic E-state index is 0.117. The number of halogens is 3. The summed E-state index contributed by atoms with van der Waals surface area (Å²) in [7, 11) is 0. The van der Waals surface area contributed by atoms with Gasteiger partial charge in [0.15, 0.2) is 0 Å². The molecule has 24 heavy (non-hydrogen) atoms. The third kappa shape index (κ3) is 6.99. The summed E-state index contributed by atoms with van der Waals surface area (Å²) < 4.78 is 34.2. The van der Waals surface area contributed by atoms with Crippen molar-refractivity contribution in [3.63, 3.8) is 0 Å². The van der Waals surface area contributed by atoms with Gasteiger partial charge in [-0.1, -0.05) is 11.6 Å². The summed E-state index contributed by atoms with van der Waals surface area (Å²) in [6.45, 7) is 1.78. The van der Waals surface area contributed by atoms with Crippen LogP contribution in [-0.4, -0.2) is 35.4 Å². The Bertz CT molecular complexity index is 604. The highest BCUT2D eigenvalue weighted by Crippen LogP contribution is 2.26. The van der Waals surface area contributed by atoms with Gasteiger partial charge in [-0.15, -0.1) is 0 Å². The fourth-order valence-corrected chi connectivity index (χ4v) is 1.98. The Kier molecular flexibility index (Phi) is 6.77. The second-order valence-corrected chi connectivity index (χ2v) is 6.31. The van der Waals surface area contributed by atoms with Gasteiger partial charge in [-0.05, 0) is 44.5 Å². The average Bonchev–Trinajstić information content (AvgIpc) is 2.38. The van der Waals surface area contributed by atoms with Crippen LogP contribution in [0.25, 0.3) is 0 Å². The van der Waals surface area contributed by atoms with E-state index in [4.69, 9.17) is 16.3 Å². The van der Waals surface area contributed by atoms with Gasteiger partial charge >= 0.3 is 18.7 Å². The molecule has 134 valence electrons. The fourth-order valence-electron chi connectivity index (χ4n) is 1.79. The summed E-state index contributed by atoms with van der Waals surface area (Å²) in [6, 6.07) is 2.43. The van der Waals surface area contributed by atoms with E-state index in [0.717, 1.165) is 0 Å². The van der Waals surface area contributed by atoms with Gasteiger partial charge in [-0.2, -0.15) is 8.78 Å². The first-order valence-corrected chi connectivity index (χ1v) is 7.31. The quantitative estimate of drug-likeness (QED) is 0.806. The topological polar surface area (TPSA) is 84.9 Å². The van der Waals surface area contributed by atoms with Crippen LogP contribution in [0.15, 0.2) is 18.2 Å². The number of alkyl halides is 2. The van der Waals surface area contributed by atoms with Gasteiger partial charge < -0.3 is 19.9 Å². The van der Waals surface area contributed by atoms with E-state index >= 15 is 0 Å². The molecule has 0 aliphatic heterocycles. The van der Waals surface area contributed by atoms with Gasteiger partial charge in [0, 0.05) is 11.4 Å². The van der Waals surface area contributed by atoms with Gasteiger partial charge in [0.25, 0.3) is 0 Å². The van der Waals surface area contributed by atoms with Crippen molar-refractivity contribution in [2.45, 2.75) is 45.4 Å². The molecular weight excluding hydrogens is 348 g/mol. The number of rotatable bonds is 6. The number of hydrogen-bond donors (Lipinski definition) is 2. The molecule has 0 heterocycles. The molecule has 2 N–H and O–H groups in total. The minimum atomic E-state index is -3.08. The molecule has 0 radical (unpaired) electrons. The molecule has 0 aliphatic rings. The van der Waals surface area contributed by atoms with Crippen molar-refractivity contribution >= 4 is 23.7 Å². The Balaban J connectivity index is 2.94. The first-order chi connectivity index (χ1) is 11.0. The number of carbonyl (C=O) groups excluding carboxylic acids is 1. The van der Waals surface area contributed by atoms with Crippen molar-refractivity contribution in [1.82, 2.24) is 5.32 Å². The van der Waals surface area contributed by atoms with Crippen LogP contribution in [-0.2, 0) is 16.0 Å². The molecule has 9 heteroatoms. The van der Waals surface area contributed by atoms with Crippen LogP contribution >= 0.6 is 11.6 Å². The number of aliphatic carboxylic acids is 1. The number of carboxylic acids is 1. The molecule has 0 bridgehead atoms. The lowest BCUT2D eigenvalue weighted by Gasteiger charge is -2.22. The van der Waals surface area contributed by atoms with Crippen LogP contribution in [0.2, 0.25) is 5.02 Å². The predicted octanol–water partition coefficient (Wildman–Crippen LogP) is 3.46. The van der Waals surface area contributed by atoms with Crippen molar-refractivity contribution in [2.75, 3.05) is 0 Å². The van der Waals surface area contributed by atoms with Crippen LogP contribution in [0, 0.1) is 0 Å². The first kappa shape index (κ1) is 20.0. The van der Waals surface area contributed by atoms with E-state index in [-0.39, 0.29) is 22.8 Å². The average molecular weight is 366 g/mol. The molecule has 1 amide bonds. The summed E-state index contributed by atoms with van der Waals surface area (Å²) in [6.07, 6.45) is -1.25. The van der Waals surface area contributed by atoms with E-state index in [0.29, 0.717) is 0 Å². The van der Waals surface area contributed by atoms with Crippen LogP contribution in [0.4, 0.5) is 13.6 Å². The highest BCUT2D eigenvalue weighted by molar-refractivity contribution is 6.30. The number of carboxylic acid groups (broad SMARTS) is 1. The molecular formula is C15H18ClF2NO5. The van der Waals surface area contributed by atoms with Crippen molar-refractivity contribution in [3.05, 3.63) is 28.8 Å². The number of amides is 1. The van der Waals surface area contributed by atoms with Crippen molar-refractivity contribution in [2.24, 2.45) is 0 Å². The second-order valence-electron chi connectivity index (χ2n) is 5.87. The van der Waals surface area contributed by atoms with Gasteiger partial charge in [0.2, 0.25) is 0 Å². The summed E-state index contributed by atoms with van der Waals surface area (Å²) in [5.41, 5.74) is -0.695. The maximum Gasteiger partial charge on any atom is 0.408 e. The summed E-state index contributed by atoms with van der Waals surface area (Å²) in [5.74, 6) is -1.57. The Hall–Kier alpha value is -2.09. The third-order valence-corrected chi connectivity index (χ3v) is 2.89.